The predicted molar refractivity (Wildman–Crippen MR) is 80.6 cm³/mol. The molecule has 1 N–H and O–H groups in total. The molecule has 1 unspecified atom stereocenters. The third-order valence-electron chi connectivity index (χ3n) is 3.68. The minimum Gasteiger partial charge on any atom is -0.381 e. The van der Waals surface area contributed by atoms with Crippen molar-refractivity contribution in [3.8, 4) is 0 Å². The summed E-state index contributed by atoms with van der Waals surface area (Å²) in [6.45, 7) is 2.80. The first-order valence-corrected chi connectivity index (χ1v) is 8.32. The Bertz CT molecular complexity index is 567. The summed E-state index contributed by atoms with van der Waals surface area (Å²) in [4.78, 5) is 2.50. The monoisotopic (exact) mass is 340 g/mol. The molecule has 3 nitrogen and oxygen atoms in total. The highest BCUT2D eigenvalue weighted by Gasteiger charge is 2.23. The van der Waals surface area contributed by atoms with Crippen molar-refractivity contribution < 1.29 is 5.11 Å². The SMILES string of the molecule is CCn1ncc(Br)c1C(O)c1cc2c(s1)CCCC2. The van der Waals surface area contributed by atoms with E-state index in [2.05, 4.69) is 27.1 Å². The van der Waals surface area contributed by atoms with E-state index in [9.17, 15) is 5.11 Å². The fourth-order valence-corrected chi connectivity index (χ4v) is 4.44. The lowest BCUT2D eigenvalue weighted by atomic mass is 9.99. The third kappa shape index (κ3) is 2.39. The summed E-state index contributed by atoms with van der Waals surface area (Å²) in [6.07, 6.45) is 6.06. The molecule has 19 heavy (non-hydrogen) atoms. The van der Waals surface area contributed by atoms with E-state index >= 15 is 0 Å². The normalized spacial score (nSPS) is 16.4. The van der Waals surface area contributed by atoms with E-state index in [1.54, 1.807) is 17.5 Å². The first-order chi connectivity index (χ1) is 9.20. The summed E-state index contributed by atoms with van der Waals surface area (Å²) >= 11 is 5.25. The number of hydrogen-bond donors (Lipinski definition) is 1. The van der Waals surface area contributed by atoms with E-state index < -0.39 is 6.10 Å². The van der Waals surface area contributed by atoms with Gasteiger partial charge in [-0.05, 0) is 60.2 Å². The van der Waals surface area contributed by atoms with Gasteiger partial charge in [-0.1, -0.05) is 0 Å². The zero-order valence-corrected chi connectivity index (χ0v) is 13.3. The van der Waals surface area contributed by atoms with Gasteiger partial charge in [0, 0.05) is 16.3 Å². The van der Waals surface area contributed by atoms with Crippen LogP contribution in [-0.4, -0.2) is 14.9 Å². The molecule has 0 saturated heterocycles. The highest BCUT2D eigenvalue weighted by atomic mass is 79.9. The van der Waals surface area contributed by atoms with Crippen molar-refractivity contribution in [3.63, 3.8) is 0 Å². The fourth-order valence-electron chi connectivity index (χ4n) is 2.68. The molecule has 0 bridgehead atoms. The average Bonchev–Trinajstić information content (AvgIpc) is 3.01. The summed E-state index contributed by atoms with van der Waals surface area (Å²) < 4.78 is 2.74. The zero-order chi connectivity index (χ0) is 13.4. The van der Waals surface area contributed by atoms with Crippen LogP contribution in [0.2, 0.25) is 0 Å². The number of halogens is 1. The van der Waals surface area contributed by atoms with E-state index in [4.69, 9.17) is 0 Å². The molecule has 2 aromatic rings. The van der Waals surface area contributed by atoms with Crippen LogP contribution in [0, 0.1) is 0 Å². The lowest BCUT2D eigenvalue weighted by molar-refractivity contribution is 0.211. The smallest absolute Gasteiger partial charge is 0.131 e. The summed E-state index contributed by atoms with van der Waals surface area (Å²) in [7, 11) is 0. The fraction of sp³-hybridized carbons (Fsp3) is 0.500. The van der Waals surface area contributed by atoms with Crippen molar-refractivity contribution in [2.45, 2.75) is 45.3 Å². The van der Waals surface area contributed by atoms with Gasteiger partial charge in [-0.15, -0.1) is 11.3 Å². The van der Waals surface area contributed by atoms with Gasteiger partial charge >= 0.3 is 0 Å². The minimum atomic E-state index is -0.576. The van der Waals surface area contributed by atoms with Gasteiger partial charge in [-0.25, -0.2) is 0 Å². The lowest BCUT2D eigenvalue weighted by Crippen LogP contribution is -2.08. The average molecular weight is 341 g/mol. The molecule has 0 aliphatic heterocycles. The second-order valence-corrected chi connectivity index (χ2v) is 6.92. The maximum Gasteiger partial charge on any atom is 0.131 e. The molecule has 0 fully saturated rings. The maximum absolute atomic E-state index is 10.6. The Morgan fingerprint density at radius 1 is 1.47 bits per heavy atom. The summed E-state index contributed by atoms with van der Waals surface area (Å²) in [6, 6.07) is 2.18. The van der Waals surface area contributed by atoms with Crippen molar-refractivity contribution >= 4 is 27.3 Å². The first-order valence-electron chi connectivity index (χ1n) is 6.71. The van der Waals surface area contributed by atoms with Crippen LogP contribution >= 0.6 is 27.3 Å². The standard InChI is InChI=1S/C14H17BrN2OS/c1-2-17-13(10(15)8-16-17)14(18)12-7-9-5-3-4-6-11(9)19-12/h7-8,14,18H,2-6H2,1H3. The van der Waals surface area contributed by atoms with E-state index in [1.165, 1.54) is 29.7 Å². The van der Waals surface area contributed by atoms with Crippen LogP contribution in [0.3, 0.4) is 0 Å². The Morgan fingerprint density at radius 2 is 2.26 bits per heavy atom. The molecule has 102 valence electrons. The molecule has 1 aliphatic carbocycles. The number of aromatic nitrogens is 2. The van der Waals surface area contributed by atoms with Gasteiger partial charge in [0.1, 0.15) is 6.10 Å². The second-order valence-electron chi connectivity index (χ2n) is 4.90. The summed E-state index contributed by atoms with van der Waals surface area (Å²) in [5.74, 6) is 0. The van der Waals surface area contributed by atoms with Crippen molar-refractivity contribution in [2.75, 3.05) is 0 Å². The number of rotatable bonds is 3. The molecule has 0 radical (unpaired) electrons. The number of aliphatic hydroxyl groups excluding tert-OH is 1. The number of fused-ring (bicyclic) bond motifs is 1. The van der Waals surface area contributed by atoms with Gasteiger partial charge in [-0.2, -0.15) is 5.10 Å². The second kappa shape index (κ2) is 5.38. The molecule has 0 amide bonds. The Labute approximate surface area is 125 Å². The maximum atomic E-state index is 10.6. The van der Waals surface area contributed by atoms with Crippen LogP contribution in [0.4, 0.5) is 0 Å². The van der Waals surface area contributed by atoms with Crippen LogP contribution < -0.4 is 0 Å². The highest BCUT2D eigenvalue weighted by molar-refractivity contribution is 9.10. The lowest BCUT2D eigenvalue weighted by Gasteiger charge is -2.11. The van der Waals surface area contributed by atoms with Crippen LogP contribution in [0.15, 0.2) is 16.7 Å². The summed E-state index contributed by atoms with van der Waals surface area (Å²) in [5.41, 5.74) is 2.30. The van der Waals surface area contributed by atoms with E-state index in [0.29, 0.717) is 0 Å². The van der Waals surface area contributed by atoms with Gasteiger partial charge in [0.05, 0.1) is 16.4 Å². The van der Waals surface area contributed by atoms with Crippen molar-refractivity contribution in [1.29, 1.82) is 0 Å². The molecule has 2 aromatic heterocycles. The van der Waals surface area contributed by atoms with E-state index in [0.717, 1.165) is 28.0 Å². The Kier molecular flexibility index (Phi) is 3.78. The molecule has 0 spiro atoms. The Morgan fingerprint density at radius 3 is 3.00 bits per heavy atom. The number of nitrogens with zero attached hydrogens (tertiary/aromatic N) is 2. The van der Waals surface area contributed by atoms with Crippen molar-refractivity contribution in [1.82, 2.24) is 9.78 Å². The Hall–Kier alpha value is -0.650. The summed E-state index contributed by atoms with van der Waals surface area (Å²) in [5, 5.41) is 14.9. The molecule has 5 heteroatoms. The molecule has 3 rings (SSSR count). The zero-order valence-electron chi connectivity index (χ0n) is 10.9. The number of thiophene rings is 1. The molecule has 1 aliphatic rings. The van der Waals surface area contributed by atoms with Gasteiger partial charge in [0.15, 0.2) is 0 Å². The Balaban J connectivity index is 1.97. The number of aryl methyl sites for hydroxylation is 3. The third-order valence-corrected chi connectivity index (χ3v) is 5.58. The predicted octanol–water partition coefficient (Wildman–Crippen LogP) is 3.69. The molecule has 1 atom stereocenters. The van der Waals surface area contributed by atoms with Gasteiger partial charge < -0.3 is 5.11 Å². The van der Waals surface area contributed by atoms with Crippen LogP contribution in [-0.2, 0) is 19.4 Å². The molecule has 0 saturated carbocycles. The number of aliphatic hydroxyl groups is 1. The quantitative estimate of drug-likeness (QED) is 0.925. The van der Waals surface area contributed by atoms with E-state index in [-0.39, 0.29) is 0 Å². The first kappa shape index (κ1) is 13.3. The van der Waals surface area contributed by atoms with Crippen molar-refractivity contribution in [3.05, 3.63) is 37.7 Å². The molecule has 0 aromatic carbocycles. The molecular formula is C14H17BrN2OS. The highest BCUT2D eigenvalue weighted by Crippen LogP contribution is 2.37. The van der Waals surface area contributed by atoms with Crippen LogP contribution in [0.25, 0.3) is 0 Å². The minimum absolute atomic E-state index is 0.576. The topological polar surface area (TPSA) is 38.0 Å². The van der Waals surface area contributed by atoms with Gasteiger partial charge in [0.2, 0.25) is 0 Å². The van der Waals surface area contributed by atoms with Crippen molar-refractivity contribution in [2.24, 2.45) is 0 Å². The molecular weight excluding hydrogens is 324 g/mol. The largest absolute Gasteiger partial charge is 0.381 e. The van der Waals surface area contributed by atoms with Gasteiger partial charge in [0.25, 0.3) is 0 Å². The van der Waals surface area contributed by atoms with Gasteiger partial charge in [-0.3, -0.25) is 4.68 Å². The number of hydrogen-bond acceptors (Lipinski definition) is 3. The van der Waals surface area contributed by atoms with E-state index in [1.807, 2.05) is 11.6 Å². The molecule has 2 heterocycles. The van der Waals surface area contributed by atoms with Crippen LogP contribution in [0.5, 0.6) is 0 Å². The van der Waals surface area contributed by atoms with Crippen LogP contribution in [0.1, 0.15) is 46.9 Å².